The first kappa shape index (κ1) is 40.9. The van der Waals surface area contributed by atoms with Gasteiger partial charge < -0.3 is 25.1 Å². The van der Waals surface area contributed by atoms with Crippen molar-refractivity contribution in [3.63, 3.8) is 0 Å². The molecule has 54 heavy (non-hydrogen) atoms. The quantitative estimate of drug-likeness (QED) is 0.0924. The number of rotatable bonds is 15. The van der Waals surface area contributed by atoms with E-state index in [2.05, 4.69) is 49.1 Å². The molecular formula is C41H55N5O6SSi. The van der Waals surface area contributed by atoms with Gasteiger partial charge in [-0.15, -0.1) is 0 Å². The summed E-state index contributed by atoms with van der Waals surface area (Å²) in [5.41, 5.74) is 8.22. The van der Waals surface area contributed by atoms with E-state index >= 15 is 0 Å². The zero-order valence-corrected chi connectivity index (χ0v) is 34.5. The van der Waals surface area contributed by atoms with Crippen molar-refractivity contribution < 1.29 is 27.2 Å². The Hall–Kier alpha value is -4.30. The van der Waals surface area contributed by atoms with Crippen LogP contribution in [0.5, 0.6) is 5.75 Å². The zero-order valence-electron chi connectivity index (χ0n) is 32.7. The lowest BCUT2D eigenvalue weighted by Crippen LogP contribution is -2.48. The molecule has 13 heteroatoms. The molecule has 2 heterocycles. The number of benzene rings is 3. The highest BCUT2D eigenvalue weighted by atomic mass is 32.2. The van der Waals surface area contributed by atoms with Gasteiger partial charge in [0.15, 0.2) is 8.32 Å². The van der Waals surface area contributed by atoms with Crippen molar-refractivity contribution in [1.82, 2.24) is 14.8 Å². The molecule has 1 aliphatic heterocycles. The molecule has 0 atom stereocenters. The summed E-state index contributed by atoms with van der Waals surface area (Å²) < 4.78 is 40.0. The Labute approximate surface area is 321 Å². The maximum atomic E-state index is 14.2. The number of aryl methyl sites for hydroxylation is 1. The molecule has 290 valence electrons. The highest BCUT2D eigenvalue weighted by Crippen LogP contribution is 2.37. The molecule has 0 bridgehead atoms. The summed E-state index contributed by atoms with van der Waals surface area (Å²) in [5, 5.41) is 3.88. The standard InChI is InChI=1S/C41H55N5O6SSi/c1-29-24-34(27-35-37(29)43-28-36(39(42)47)38(35)44-31-15-13-16-32(26-31)51-5)53(49,50)33-17-12-14-30(25-33)40(48)46-21-19-45(20-22-46)18-10-8-9-11-23-52-54(6,7)41(2,3)4/h12-17,24-28H,8-11,18-23H2,1-7H3,(H2,42,47)(H,43,44). The van der Waals surface area contributed by atoms with Crippen LogP contribution in [0.15, 0.2) is 76.7 Å². The van der Waals surface area contributed by atoms with Gasteiger partial charge in [0.25, 0.3) is 11.8 Å². The van der Waals surface area contributed by atoms with Crippen LogP contribution in [0, 0.1) is 6.92 Å². The van der Waals surface area contributed by atoms with Crippen LogP contribution in [0.1, 0.15) is 72.7 Å². The number of sulfone groups is 1. The second kappa shape index (κ2) is 17.0. The molecule has 0 spiro atoms. The largest absolute Gasteiger partial charge is 0.497 e. The van der Waals surface area contributed by atoms with Gasteiger partial charge in [-0.3, -0.25) is 19.5 Å². The molecule has 1 aliphatic rings. The average molecular weight is 774 g/mol. The number of hydrogen-bond donors (Lipinski definition) is 2. The van der Waals surface area contributed by atoms with Gasteiger partial charge in [-0.1, -0.05) is 45.7 Å². The number of amides is 2. The number of nitrogens with two attached hydrogens (primary N) is 1. The first-order valence-corrected chi connectivity index (χ1v) is 23.1. The van der Waals surface area contributed by atoms with Crippen LogP contribution >= 0.6 is 0 Å². The molecule has 3 aromatic carbocycles. The summed E-state index contributed by atoms with van der Waals surface area (Å²) in [7, 11) is -4.23. The van der Waals surface area contributed by atoms with Crippen LogP contribution < -0.4 is 15.8 Å². The molecule has 5 rings (SSSR count). The molecule has 0 unspecified atom stereocenters. The maximum Gasteiger partial charge on any atom is 0.253 e. The van der Waals surface area contributed by atoms with Gasteiger partial charge >= 0.3 is 0 Å². The highest BCUT2D eigenvalue weighted by Gasteiger charge is 2.36. The zero-order chi connectivity index (χ0) is 39.3. The Bertz CT molecular complexity index is 2090. The van der Waals surface area contributed by atoms with Crippen molar-refractivity contribution >= 4 is 52.2 Å². The van der Waals surface area contributed by atoms with Crippen molar-refractivity contribution in [3.05, 3.63) is 83.6 Å². The number of aromatic nitrogens is 1. The number of fused-ring (bicyclic) bond motifs is 1. The van der Waals surface area contributed by atoms with Crippen LogP contribution in [0.3, 0.4) is 0 Å². The number of primary amides is 1. The molecule has 3 N–H and O–H groups in total. The van der Waals surface area contributed by atoms with E-state index in [0.29, 0.717) is 52.2 Å². The topological polar surface area (TPSA) is 144 Å². The van der Waals surface area contributed by atoms with E-state index in [1.165, 1.54) is 24.4 Å². The van der Waals surface area contributed by atoms with Crippen LogP contribution in [0.4, 0.5) is 11.4 Å². The number of methoxy groups -OCH3 is 1. The van der Waals surface area contributed by atoms with Gasteiger partial charge in [0.05, 0.1) is 33.7 Å². The van der Waals surface area contributed by atoms with E-state index in [4.69, 9.17) is 14.9 Å². The number of carbonyl (C=O) groups excluding carboxylic acids is 2. The lowest BCUT2D eigenvalue weighted by Gasteiger charge is -2.36. The molecule has 0 radical (unpaired) electrons. The fraction of sp³-hybridized carbons (Fsp3) is 0.439. The first-order valence-electron chi connectivity index (χ1n) is 18.7. The number of ether oxygens (including phenoxy) is 1. The number of unbranched alkanes of at least 4 members (excludes halogenated alkanes) is 3. The molecule has 1 saturated heterocycles. The van der Waals surface area contributed by atoms with Gasteiger partial charge in [-0.2, -0.15) is 0 Å². The van der Waals surface area contributed by atoms with Crippen molar-refractivity contribution in [2.24, 2.45) is 5.73 Å². The SMILES string of the molecule is COc1cccc(Nc2c(C(N)=O)cnc3c(C)cc(S(=O)(=O)c4cccc(C(=O)N5CCN(CCCCCCO[Si](C)(C)C(C)(C)C)CC5)c4)cc23)c1. The van der Waals surface area contributed by atoms with Gasteiger partial charge in [-0.05, 0) is 92.5 Å². The minimum Gasteiger partial charge on any atom is -0.497 e. The van der Waals surface area contributed by atoms with Crippen LogP contribution in [0.25, 0.3) is 10.9 Å². The Balaban J connectivity index is 1.24. The summed E-state index contributed by atoms with van der Waals surface area (Å²) in [6.07, 6.45) is 5.89. The summed E-state index contributed by atoms with van der Waals surface area (Å²) in [6, 6.07) is 16.4. The molecule has 2 amide bonds. The molecule has 1 fully saturated rings. The number of piperazine rings is 1. The van der Waals surface area contributed by atoms with Crippen LogP contribution in [-0.4, -0.2) is 89.8 Å². The monoisotopic (exact) mass is 773 g/mol. The molecule has 4 aromatic rings. The van der Waals surface area contributed by atoms with E-state index < -0.39 is 24.1 Å². The lowest BCUT2D eigenvalue weighted by molar-refractivity contribution is 0.0634. The molecular weight excluding hydrogens is 719 g/mol. The van der Waals surface area contributed by atoms with Gasteiger partial charge in [0, 0.05) is 61.7 Å². The number of pyridine rings is 1. The Morgan fingerprint density at radius 3 is 2.31 bits per heavy atom. The second-order valence-corrected chi connectivity index (χ2v) is 22.4. The minimum atomic E-state index is -4.09. The van der Waals surface area contributed by atoms with Crippen molar-refractivity contribution in [2.45, 2.75) is 81.3 Å². The normalized spacial score (nSPS) is 14.3. The number of hydrogen-bond acceptors (Lipinski definition) is 9. The third kappa shape index (κ3) is 9.49. The maximum absolute atomic E-state index is 14.2. The Morgan fingerprint density at radius 2 is 1.63 bits per heavy atom. The number of nitrogens with zero attached hydrogens (tertiary/aromatic N) is 3. The van der Waals surface area contributed by atoms with E-state index in [1.54, 1.807) is 61.4 Å². The molecule has 1 aromatic heterocycles. The summed E-state index contributed by atoms with van der Waals surface area (Å²) in [5.74, 6) is -0.311. The van der Waals surface area contributed by atoms with E-state index in [-0.39, 0.29) is 26.3 Å². The summed E-state index contributed by atoms with van der Waals surface area (Å²) in [6.45, 7) is 17.7. The van der Waals surface area contributed by atoms with E-state index in [9.17, 15) is 18.0 Å². The fourth-order valence-electron chi connectivity index (χ4n) is 6.39. The Morgan fingerprint density at radius 1 is 0.926 bits per heavy atom. The van der Waals surface area contributed by atoms with Crippen molar-refractivity contribution in [2.75, 3.05) is 51.8 Å². The fourth-order valence-corrected chi connectivity index (χ4v) is 8.90. The number of carbonyl (C=O) groups is 2. The summed E-state index contributed by atoms with van der Waals surface area (Å²) in [4.78, 5) is 34.8. The van der Waals surface area contributed by atoms with Crippen molar-refractivity contribution in [3.8, 4) is 5.75 Å². The molecule has 0 saturated carbocycles. The third-order valence-electron chi connectivity index (χ3n) is 10.7. The minimum absolute atomic E-state index is 0.00164. The molecule has 11 nitrogen and oxygen atoms in total. The highest BCUT2D eigenvalue weighted by molar-refractivity contribution is 7.91. The van der Waals surface area contributed by atoms with E-state index in [1.807, 2.05) is 0 Å². The van der Waals surface area contributed by atoms with Crippen LogP contribution in [0.2, 0.25) is 18.1 Å². The van der Waals surface area contributed by atoms with Gasteiger partial charge in [0.2, 0.25) is 9.84 Å². The first-order chi connectivity index (χ1) is 25.5. The smallest absolute Gasteiger partial charge is 0.253 e. The van der Waals surface area contributed by atoms with Crippen molar-refractivity contribution in [1.29, 1.82) is 0 Å². The predicted molar refractivity (Wildman–Crippen MR) is 217 cm³/mol. The average Bonchev–Trinajstić information content (AvgIpc) is 3.14. The van der Waals surface area contributed by atoms with Crippen LogP contribution in [-0.2, 0) is 14.3 Å². The van der Waals surface area contributed by atoms with E-state index in [0.717, 1.165) is 51.9 Å². The predicted octanol–water partition coefficient (Wildman–Crippen LogP) is 7.57. The summed E-state index contributed by atoms with van der Waals surface area (Å²) >= 11 is 0. The lowest BCUT2D eigenvalue weighted by atomic mass is 10.1. The third-order valence-corrected chi connectivity index (χ3v) is 17.0. The number of anilines is 2. The van der Waals surface area contributed by atoms with Gasteiger partial charge in [-0.25, -0.2) is 8.42 Å². The number of nitrogens with one attached hydrogen (secondary N) is 1. The Kier molecular flexibility index (Phi) is 12.9. The second-order valence-electron chi connectivity index (χ2n) is 15.6. The van der Waals surface area contributed by atoms with Gasteiger partial charge in [0.1, 0.15) is 5.75 Å². The molecule has 0 aliphatic carbocycles.